The van der Waals surface area contributed by atoms with Gasteiger partial charge in [-0.05, 0) is 12.1 Å². The van der Waals surface area contributed by atoms with Crippen LogP contribution in [0, 0.1) is 0 Å². The van der Waals surface area contributed by atoms with E-state index in [4.69, 9.17) is 10.2 Å². The van der Waals surface area contributed by atoms with Crippen molar-refractivity contribution in [2.24, 2.45) is 0 Å². The maximum atomic E-state index is 12.6. The zero-order valence-corrected chi connectivity index (χ0v) is 9.44. The number of aliphatic hydroxyl groups is 1. The summed E-state index contributed by atoms with van der Waals surface area (Å²) in [6.07, 6.45) is -7.47. The number of carboxylic acid groups (broad SMARTS) is 1. The smallest absolute Gasteiger partial charge is 0.418 e. The lowest BCUT2D eigenvalue weighted by molar-refractivity contribution is -0.142. The molecule has 0 aromatic heterocycles. The zero-order valence-electron chi connectivity index (χ0n) is 9.44. The van der Waals surface area contributed by atoms with Crippen LogP contribution in [-0.4, -0.2) is 28.2 Å². The Morgan fingerprint density at radius 2 is 1.84 bits per heavy atom. The number of para-hydroxylation sites is 1. The SMILES string of the molecule is O=C(O)CC(O)C(=O)Nc1ccccc1C(F)(F)F. The number of alkyl halides is 3. The maximum absolute atomic E-state index is 12.6. The summed E-state index contributed by atoms with van der Waals surface area (Å²) in [6, 6.07) is 4.19. The Balaban J connectivity index is 2.88. The van der Waals surface area contributed by atoms with Crippen LogP contribution in [0.2, 0.25) is 0 Å². The summed E-state index contributed by atoms with van der Waals surface area (Å²) in [7, 11) is 0. The molecular formula is C11H10F3NO4. The Hall–Kier alpha value is -2.09. The van der Waals surface area contributed by atoms with Gasteiger partial charge in [0.25, 0.3) is 5.91 Å². The summed E-state index contributed by atoms with van der Waals surface area (Å²) in [4.78, 5) is 21.6. The fourth-order valence-electron chi connectivity index (χ4n) is 1.31. The van der Waals surface area contributed by atoms with Crippen molar-refractivity contribution >= 4 is 17.6 Å². The highest BCUT2D eigenvalue weighted by Crippen LogP contribution is 2.34. The highest BCUT2D eigenvalue weighted by Gasteiger charge is 2.34. The predicted molar refractivity (Wildman–Crippen MR) is 58.3 cm³/mol. The normalized spacial score (nSPS) is 12.8. The number of carbonyl (C=O) groups excluding carboxylic acids is 1. The number of benzene rings is 1. The van der Waals surface area contributed by atoms with Gasteiger partial charge >= 0.3 is 12.1 Å². The molecule has 1 rings (SSSR count). The maximum Gasteiger partial charge on any atom is 0.418 e. The summed E-state index contributed by atoms with van der Waals surface area (Å²) < 4.78 is 37.8. The molecule has 0 aliphatic heterocycles. The lowest BCUT2D eigenvalue weighted by Gasteiger charge is -2.15. The first-order chi connectivity index (χ1) is 8.71. The van der Waals surface area contributed by atoms with E-state index in [1.54, 1.807) is 0 Å². The summed E-state index contributed by atoms with van der Waals surface area (Å²) in [5.41, 5.74) is -1.62. The van der Waals surface area contributed by atoms with Crippen molar-refractivity contribution < 1.29 is 33.0 Å². The van der Waals surface area contributed by atoms with E-state index in [1.807, 2.05) is 5.32 Å². The van der Waals surface area contributed by atoms with Crippen molar-refractivity contribution in [2.45, 2.75) is 18.7 Å². The van der Waals surface area contributed by atoms with Crippen LogP contribution < -0.4 is 5.32 Å². The van der Waals surface area contributed by atoms with Crippen LogP contribution in [0.15, 0.2) is 24.3 Å². The van der Waals surface area contributed by atoms with Gasteiger partial charge in [0.2, 0.25) is 0 Å². The van der Waals surface area contributed by atoms with Crippen LogP contribution in [0.4, 0.5) is 18.9 Å². The van der Waals surface area contributed by atoms with Crippen molar-refractivity contribution in [2.75, 3.05) is 5.32 Å². The molecule has 0 radical (unpaired) electrons. The third-order valence-corrected chi connectivity index (χ3v) is 2.16. The van der Waals surface area contributed by atoms with Crippen LogP contribution in [-0.2, 0) is 15.8 Å². The Kier molecular flexibility index (Phi) is 4.49. The number of anilines is 1. The fourth-order valence-corrected chi connectivity index (χ4v) is 1.31. The van der Waals surface area contributed by atoms with Crippen molar-refractivity contribution in [1.82, 2.24) is 0 Å². The number of halogens is 3. The minimum atomic E-state index is -4.67. The number of rotatable bonds is 4. The van der Waals surface area contributed by atoms with E-state index >= 15 is 0 Å². The van der Waals surface area contributed by atoms with E-state index in [1.165, 1.54) is 6.07 Å². The van der Waals surface area contributed by atoms with E-state index in [0.717, 1.165) is 18.2 Å². The standard InChI is InChI=1S/C11H10F3NO4/c12-11(13,14)6-3-1-2-4-7(6)15-10(19)8(16)5-9(17)18/h1-4,8,16H,5H2,(H,15,19)(H,17,18). The molecule has 0 heterocycles. The third-order valence-electron chi connectivity index (χ3n) is 2.16. The van der Waals surface area contributed by atoms with Gasteiger partial charge in [0, 0.05) is 0 Å². The molecule has 5 nitrogen and oxygen atoms in total. The van der Waals surface area contributed by atoms with E-state index in [2.05, 4.69) is 0 Å². The van der Waals surface area contributed by atoms with E-state index in [9.17, 15) is 22.8 Å². The van der Waals surface area contributed by atoms with E-state index < -0.39 is 41.8 Å². The molecule has 1 aromatic carbocycles. The second kappa shape index (κ2) is 5.70. The topological polar surface area (TPSA) is 86.6 Å². The van der Waals surface area contributed by atoms with Crippen LogP contribution in [0.5, 0.6) is 0 Å². The predicted octanol–water partition coefficient (Wildman–Crippen LogP) is 1.48. The number of carboxylic acids is 1. The van der Waals surface area contributed by atoms with Crippen LogP contribution in [0.1, 0.15) is 12.0 Å². The zero-order chi connectivity index (χ0) is 14.6. The average Bonchev–Trinajstić information content (AvgIpc) is 2.27. The second-order valence-electron chi connectivity index (χ2n) is 3.65. The molecule has 3 N–H and O–H groups in total. The number of carbonyl (C=O) groups is 2. The molecule has 8 heteroatoms. The lowest BCUT2D eigenvalue weighted by Crippen LogP contribution is -2.30. The Bertz CT molecular complexity index is 487. The van der Waals surface area contributed by atoms with Crippen LogP contribution >= 0.6 is 0 Å². The van der Waals surface area contributed by atoms with Gasteiger partial charge in [-0.3, -0.25) is 9.59 Å². The van der Waals surface area contributed by atoms with Gasteiger partial charge in [0.15, 0.2) is 0 Å². The van der Waals surface area contributed by atoms with Crippen LogP contribution in [0.25, 0.3) is 0 Å². The molecule has 1 unspecified atom stereocenters. The second-order valence-corrected chi connectivity index (χ2v) is 3.65. The van der Waals surface area contributed by atoms with Crippen LogP contribution in [0.3, 0.4) is 0 Å². The Morgan fingerprint density at radius 1 is 1.26 bits per heavy atom. The Labute approximate surface area is 105 Å². The van der Waals surface area contributed by atoms with Crippen molar-refractivity contribution in [3.05, 3.63) is 29.8 Å². The van der Waals surface area contributed by atoms with E-state index in [-0.39, 0.29) is 0 Å². The molecule has 1 amide bonds. The molecule has 1 aromatic rings. The molecule has 19 heavy (non-hydrogen) atoms. The first-order valence-electron chi connectivity index (χ1n) is 5.08. The molecule has 0 spiro atoms. The quantitative estimate of drug-likeness (QED) is 0.778. The van der Waals surface area contributed by atoms with E-state index in [0.29, 0.717) is 0 Å². The highest BCUT2D eigenvalue weighted by atomic mass is 19.4. The fraction of sp³-hybridized carbons (Fsp3) is 0.273. The molecular weight excluding hydrogens is 267 g/mol. The summed E-state index contributed by atoms with van der Waals surface area (Å²) in [5, 5.41) is 19.4. The molecule has 0 saturated heterocycles. The van der Waals surface area contributed by atoms with Gasteiger partial charge in [-0.25, -0.2) is 0 Å². The summed E-state index contributed by atoms with van der Waals surface area (Å²) >= 11 is 0. The number of aliphatic hydroxyl groups excluding tert-OH is 1. The molecule has 0 saturated carbocycles. The minimum Gasteiger partial charge on any atom is -0.481 e. The molecule has 104 valence electrons. The monoisotopic (exact) mass is 277 g/mol. The molecule has 0 aliphatic rings. The third kappa shape index (κ3) is 4.25. The molecule has 1 atom stereocenters. The lowest BCUT2D eigenvalue weighted by atomic mass is 10.1. The molecule has 0 aliphatic carbocycles. The minimum absolute atomic E-state index is 0.538. The van der Waals surface area contributed by atoms with Crippen molar-refractivity contribution in [3.8, 4) is 0 Å². The highest BCUT2D eigenvalue weighted by molar-refractivity contribution is 5.96. The number of aliphatic carboxylic acids is 1. The molecule has 0 fully saturated rings. The van der Waals surface area contributed by atoms with Gasteiger partial charge < -0.3 is 15.5 Å². The number of hydrogen-bond acceptors (Lipinski definition) is 3. The molecule has 0 bridgehead atoms. The van der Waals surface area contributed by atoms with Gasteiger partial charge in [-0.15, -0.1) is 0 Å². The van der Waals surface area contributed by atoms with Gasteiger partial charge in [0.05, 0.1) is 17.7 Å². The number of nitrogens with one attached hydrogen (secondary N) is 1. The first-order valence-corrected chi connectivity index (χ1v) is 5.08. The van der Waals surface area contributed by atoms with Gasteiger partial charge in [0.1, 0.15) is 6.10 Å². The summed E-state index contributed by atoms with van der Waals surface area (Å²) in [5.74, 6) is -2.65. The van der Waals surface area contributed by atoms with Crippen molar-refractivity contribution in [3.63, 3.8) is 0 Å². The first kappa shape index (κ1) is 15.0. The average molecular weight is 277 g/mol. The van der Waals surface area contributed by atoms with Gasteiger partial charge in [-0.2, -0.15) is 13.2 Å². The van der Waals surface area contributed by atoms with Crippen molar-refractivity contribution in [1.29, 1.82) is 0 Å². The summed E-state index contributed by atoms with van der Waals surface area (Å²) in [6.45, 7) is 0. The largest absolute Gasteiger partial charge is 0.481 e. The number of hydrogen-bond donors (Lipinski definition) is 3. The Morgan fingerprint density at radius 3 is 2.37 bits per heavy atom. The van der Waals surface area contributed by atoms with Gasteiger partial charge in [-0.1, -0.05) is 12.1 Å². The number of amides is 1.